The summed E-state index contributed by atoms with van der Waals surface area (Å²) in [5.41, 5.74) is 0. The number of nitrogens with one attached hydrogen (secondary N) is 2. The third-order valence-electron chi connectivity index (χ3n) is 3.45. The predicted molar refractivity (Wildman–Crippen MR) is 75.4 cm³/mol. The van der Waals surface area contributed by atoms with Crippen LogP contribution in [-0.2, 0) is 4.79 Å². The van der Waals surface area contributed by atoms with Gasteiger partial charge in [-0.15, -0.1) is 0 Å². The molecular weight excluding hydrogens is 294 g/mol. The Morgan fingerprint density at radius 1 is 1.18 bits per heavy atom. The van der Waals surface area contributed by atoms with Crippen LogP contribution >= 0.6 is 0 Å². The van der Waals surface area contributed by atoms with Crippen LogP contribution in [0.3, 0.4) is 0 Å². The van der Waals surface area contributed by atoms with Crippen molar-refractivity contribution < 1.29 is 23.1 Å². The van der Waals surface area contributed by atoms with Gasteiger partial charge in [0.25, 0.3) is 5.91 Å². The van der Waals surface area contributed by atoms with E-state index in [4.69, 9.17) is 4.74 Å². The zero-order valence-electron chi connectivity index (χ0n) is 12.0. The Kier molecular flexibility index (Phi) is 5.68. The minimum atomic E-state index is -0.903. The summed E-state index contributed by atoms with van der Waals surface area (Å²) < 4.78 is 30.9. The lowest BCUT2D eigenvalue weighted by Crippen LogP contribution is -2.46. The fourth-order valence-corrected chi connectivity index (χ4v) is 2.37. The smallest absolute Gasteiger partial charge is 0.321 e. The first-order chi connectivity index (χ1) is 10.5. The Hall–Kier alpha value is -2.18. The monoisotopic (exact) mass is 312 g/mol. The SMILES string of the molecule is O=C(COc1ccc(F)cc1F)NC(=O)NC1CCCCC1. The van der Waals surface area contributed by atoms with Crippen LogP contribution in [0.5, 0.6) is 5.75 Å². The summed E-state index contributed by atoms with van der Waals surface area (Å²) in [5, 5.41) is 4.83. The summed E-state index contributed by atoms with van der Waals surface area (Å²) in [4.78, 5) is 23.2. The van der Waals surface area contributed by atoms with Crippen LogP contribution < -0.4 is 15.4 Å². The van der Waals surface area contributed by atoms with Crippen molar-refractivity contribution in [3.8, 4) is 5.75 Å². The van der Waals surface area contributed by atoms with E-state index in [-0.39, 0.29) is 11.8 Å². The second-order valence-corrected chi connectivity index (χ2v) is 5.22. The maximum atomic E-state index is 13.3. The molecular formula is C15H18F2N2O3. The summed E-state index contributed by atoms with van der Waals surface area (Å²) in [5.74, 6) is -2.58. The van der Waals surface area contributed by atoms with Gasteiger partial charge in [0.2, 0.25) is 0 Å². The molecule has 7 heteroatoms. The number of carbonyl (C=O) groups excluding carboxylic acids is 2. The third kappa shape index (κ3) is 4.98. The van der Waals surface area contributed by atoms with E-state index >= 15 is 0 Å². The fourth-order valence-electron chi connectivity index (χ4n) is 2.37. The molecule has 0 aliphatic heterocycles. The number of benzene rings is 1. The normalized spacial score (nSPS) is 15.2. The number of carbonyl (C=O) groups is 2. The number of hydrogen-bond acceptors (Lipinski definition) is 3. The van der Waals surface area contributed by atoms with Crippen molar-refractivity contribution in [3.63, 3.8) is 0 Å². The Balaban J connectivity index is 1.73. The highest BCUT2D eigenvalue weighted by atomic mass is 19.1. The number of imide groups is 1. The molecule has 2 N–H and O–H groups in total. The minimum Gasteiger partial charge on any atom is -0.481 e. The molecule has 5 nitrogen and oxygen atoms in total. The molecule has 0 saturated heterocycles. The van der Waals surface area contributed by atoms with Crippen LogP contribution in [0, 0.1) is 11.6 Å². The fraction of sp³-hybridized carbons (Fsp3) is 0.467. The van der Waals surface area contributed by atoms with Gasteiger partial charge in [-0.05, 0) is 25.0 Å². The van der Waals surface area contributed by atoms with Gasteiger partial charge in [-0.2, -0.15) is 0 Å². The van der Waals surface area contributed by atoms with Crippen LogP contribution in [0.1, 0.15) is 32.1 Å². The molecule has 0 aromatic heterocycles. The van der Waals surface area contributed by atoms with Crippen LogP contribution in [0.15, 0.2) is 18.2 Å². The molecule has 1 aromatic rings. The second kappa shape index (κ2) is 7.72. The summed E-state index contributed by atoms with van der Waals surface area (Å²) in [6, 6.07) is 2.26. The van der Waals surface area contributed by atoms with Crippen molar-refractivity contribution >= 4 is 11.9 Å². The van der Waals surface area contributed by atoms with E-state index in [1.165, 1.54) is 0 Å². The molecule has 0 heterocycles. The molecule has 0 bridgehead atoms. The van der Waals surface area contributed by atoms with Crippen LogP contribution in [0.4, 0.5) is 13.6 Å². The first kappa shape index (κ1) is 16.2. The molecule has 2 rings (SSSR count). The van der Waals surface area contributed by atoms with E-state index in [9.17, 15) is 18.4 Å². The lowest BCUT2D eigenvalue weighted by molar-refractivity contribution is -0.122. The van der Waals surface area contributed by atoms with Crippen molar-refractivity contribution in [3.05, 3.63) is 29.8 Å². The summed E-state index contributed by atoms with van der Waals surface area (Å²) in [7, 11) is 0. The van der Waals surface area contributed by atoms with Gasteiger partial charge in [0.05, 0.1) is 0 Å². The number of urea groups is 1. The number of halogens is 2. The summed E-state index contributed by atoms with van der Waals surface area (Å²) >= 11 is 0. The van der Waals surface area contributed by atoms with Gasteiger partial charge in [0.1, 0.15) is 5.82 Å². The molecule has 1 saturated carbocycles. The van der Waals surface area contributed by atoms with Crippen molar-refractivity contribution in [2.45, 2.75) is 38.1 Å². The highest BCUT2D eigenvalue weighted by Gasteiger charge is 2.17. The standard InChI is InChI=1S/C15H18F2N2O3/c16-10-6-7-13(12(17)8-10)22-9-14(20)19-15(21)18-11-4-2-1-3-5-11/h6-8,11H,1-5,9H2,(H2,18,19,20,21). The van der Waals surface area contributed by atoms with E-state index in [1.807, 2.05) is 0 Å². The number of ether oxygens (including phenoxy) is 1. The molecule has 1 aliphatic carbocycles. The van der Waals surface area contributed by atoms with E-state index in [2.05, 4.69) is 10.6 Å². The molecule has 22 heavy (non-hydrogen) atoms. The van der Waals surface area contributed by atoms with Gasteiger partial charge < -0.3 is 10.1 Å². The molecule has 3 amide bonds. The molecule has 1 aromatic carbocycles. The summed E-state index contributed by atoms with van der Waals surface area (Å²) in [6.07, 6.45) is 5.09. The maximum absolute atomic E-state index is 13.3. The van der Waals surface area contributed by atoms with Crippen molar-refractivity contribution in [1.29, 1.82) is 0 Å². The first-order valence-electron chi connectivity index (χ1n) is 7.23. The van der Waals surface area contributed by atoms with Gasteiger partial charge in [-0.25, -0.2) is 13.6 Å². The Bertz CT molecular complexity index is 546. The highest BCUT2D eigenvalue weighted by Crippen LogP contribution is 2.18. The van der Waals surface area contributed by atoms with E-state index in [1.54, 1.807) is 0 Å². The van der Waals surface area contributed by atoms with Crippen molar-refractivity contribution in [2.24, 2.45) is 0 Å². The van der Waals surface area contributed by atoms with Crippen molar-refractivity contribution in [1.82, 2.24) is 10.6 Å². The molecule has 1 aliphatic rings. The molecule has 0 unspecified atom stereocenters. The predicted octanol–water partition coefficient (Wildman–Crippen LogP) is 2.50. The molecule has 0 atom stereocenters. The molecule has 0 spiro atoms. The van der Waals surface area contributed by atoms with E-state index in [0.717, 1.165) is 44.2 Å². The quantitative estimate of drug-likeness (QED) is 0.897. The zero-order chi connectivity index (χ0) is 15.9. The average Bonchev–Trinajstić information content (AvgIpc) is 2.47. The van der Waals surface area contributed by atoms with Crippen LogP contribution in [0.25, 0.3) is 0 Å². The highest BCUT2D eigenvalue weighted by molar-refractivity contribution is 5.95. The van der Waals surface area contributed by atoms with Gasteiger partial charge in [-0.3, -0.25) is 10.1 Å². The van der Waals surface area contributed by atoms with E-state index in [0.29, 0.717) is 6.07 Å². The Labute approximate surface area is 127 Å². The lowest BCUT2D eigenvalue weighted by atomic mass is 9.96. The average molecular weight is 312 g/mol. The lowest BCUT2D eigenvalue weighted by Gasteiger charge is -2.22. The number of amides is 3. The van der Waals surface area contributed by atoms with Gasteiger partial charge in [0, 0.05) is 12.1 Å². The Morgan fingerprint density at radius 3 is 2.59 bits per heavy atom. The largest absolute Gasteiger partial charge is 0.481 e. The van der Waals surface area contributed by atoms with Crippen molar-refractivity contribution in [2.75, 3.05) is 6.61 Å². The topological polar surface area (TPSA) is 67.4 Å². The van der Waals surface area contributed by atoms with Gasteiger partial charge in [-0.1, -0.05) is 19.3 Å². The van der Waals surface area contributed by atoms with Gasteiger partial charge in [0.15, 0.2) is 18.2 Å². The second-order valence-electron chi connectivity index (χ2n) is 5.22. The maximum Gasteiger partial charge on any atom is 0.321 e. The van der Waals surface area contributed by atoms with Crippen LogP contribution in [-0.4, -0.2) is 24.6 Å². The Morgan fingerprint density at radius 2 is 1.91 bits per heavy atom. The van der Waals surface area contributed by atoms with Gasteiger partial charge >= 0.3 is 6.03 Å². The number of rotatable bonds is 4. The van der Waals surface area contributed by atoms with Crippen LogP contribution in [0.2, 0.25) is 0 Å². The van der Waals surface area contributed by atoms with E-state index < -0.39 is 30.2 Å². The first-order valence-corrected chi connectivity index (χ1v) is 7.23. The zero-order valence-corrected chi connectivity index (χ0v) is 12.0. The molecule has 1 fully saturated rings. The third-order valence-corrected chi connectivity index (χ3v) is 3.45. The molecule has 0 radical (unpaired) electrons. The minimum absolute atomic E-state index is 0.0806. The molecule has 120 valence electrons. The summed E-state index contributed by atoms with van der Waals surface area (Å²) in [6.45, 7) is -0.527. The number of hydrogen-bond donors (Lipinski definition) is 2.